The summed E-state index contributed by atoms with van der Waals surface area (Å²) in [6.07, 6.45) is 1.25. The van der Waals surface area contributed by atoms with E-state index in [0.29, 0.717) is 24.7 Å². The molecule has 1 aliphatic rings. The fraction of sp³-hybridized carbons (Fsp3) is 0.571. The molecule has 1 aromatic heterocycles. The average molecular weight is 432 g/mol. The van der Waals surface area contributed by atoms with Gasteiger partial charge in [0.25, 0.3) is 0 Å². The smallest absolute Gasteiger partial charge is 0.407 e. The molecule has 0 atom stereocenters. The van der Waals surface area contributed by atoms with Gasteiger partial charge in [-0.05, 0) is 51.8 Å². The van der Waals surface area contributed by atoms with Gasteiger partial charge in [-0.15, -0.1) is 0 Å². The van der Waals surface area contributed by atoms with Crippen LogP contribution in [-0.2, 0) is 9.47 Å². The third kappa shape index (κ3) is 6.83. The Morgan fingerprint density at radius 3 is 2.55 bits per heavy atom. The van der Waals surface area contributed by atoms with Gasteiger partial charge in [-0.1, -0.05) is 0 Å². The quantitative estimate of drug-likeness (QED) is 0.283. The monoisotopic (exact) mass is 431 g/mol. The van der Waals surface area contributed by atoms with Crippen molar-refractivity contribution in [3.63, 3.8) is 0 Å². The van der Waals surface area contributed by atoms with Crippen molar-refractivity contribution < 1.29 is 14.3 Å². The van der Waals surface area contributed by atoms with Gasteiger partial charge in [-0.25, -0.2) is 20.6 Å². The average Bonchev–Trinajstić information content (AvgIpc) is 2.74. The van der Waals surface area contributed by atoms with Gasteiger partial charge >= 0.3 is 6.09 Å². The second-order valence-corrected chi connectivity index (χ2v) is 8.40. The molecule has 0 spiro atoms. The van der Waals surface area contributed by atoms with Crippen LogP contribution >= 0.6 is 0 Å². The van der Waals surface area contributed by atoms with Gasteiger partial charge in [0.05, 0.1) is 24.2 Å². The molecule has 1 saturated heterocycles. The van der Waals surface area contributed by atoms with Crippen LogP contribution in [0.2, 0.25) is 0 Å². The van der Waals surface area contributed by atoms with Gasteiger partial charge < -0.3 is 30.4 Å². The summed E-state index contributed by atoms with van der Waals surface area (Å²) in [6.45, 7) is 9.94. The van der Waals surface area contributed by atoms with Gasteiger partial charge in [0.15, 0.2) is 11.6 Å². The van der Waals surface area contributed by atoms with E-state index in [1.54, 1.807) is 0 Å². The van der Waals surface area contributed by atoms with Crippen LogP contribution in [-0.4, -0.2) is 61.1 Å². The zero-order valence-corrected chi connectivity index (χ0v) is 18.5. The van der Waals surface area contributed by atoms with Gasteiger partial charge in [0.2, 0.25) is 0 Å². The van der Waals surface area contributed by atoms with Crippen LogP contribution in [0.5, 0.6) is 0 Å². The summed E-state index contributed by atoms with van der Waals surface area (Å²) in [6, 6.07) is 6.05. The largest absolute Gasteiger partial charge is 0.444 e. The molecule has 5 N–H and O–H groups in total. The predicted molar refractivity (Wildman–Crippen MR) is 122 cm³/mol. The number of hydrogen-bond acceptors (Lipinski definition) is 9. The number of morpholine rings is 1. The Hall–Kier alpha value is -2.85. The van der Waals surface area contributed by atoms with Crippen molar-refractivity contribution in [1.29, 1.82) is 0 Å². The molecule has 31 heavy (non-hydrogen) atoms. The lowest BCUT2D eigenvalue weighted by Gasteiger charge is -2.28. The molecule has 170 valence electrons. The first-order valence-electron chi connectivity index (χ1n) is 10.7. The lowest BCUT2D eigenvalue weighted by molar-refractivity contribution is 0.0527. The Morgan fingerprint density at radius 1 is 1.13 bits per heavy atom. The van der Waals surface area contributed by atoms with Crippen LogP contribution in [0.1, 0.15) is 33.6 Å². The SMILES string of the molecule is CC(C)(C)OC(=O)NCCCCNc1nc2cc(N3CCOCC3)ccc2nc1NN. The van der Waals surface area contributed by atoms with Crippen molar-refractivity contribution in [2.45, 2.75) is 39.2 Å². The summed E-state index contributed by atoms with van der Waals surface area (Å²) in [5.74, 6) is 6.75. The molecule has 10 heteroatoms. The molecule has 0 radical (unpaired) electrons. The second-order valence-electron chi connectivity index (χ2n) is 8.40. The predicted octanol–water partition coefficient (Wildman–Crippen LogP) is 2.47. The Bertz CT molecular complexity index is 879. The highest BCUT2D eigenvalue weighted by Crippen LogP contribution is 2.25. The number of aromatic nitrogens is 2. The van der Waals surface area contributed by atoms with E-state index in [9.17, 15) is 4.79 Å². The van der Waals surface area contributed by atoms with Crippen molar-refractivity contribution >= 4 is 34.4 Å². The molecular formula is C21H33N7O3. The van der Waals surface area contributed by atoms with E-state index < -0.39 is 11.7 Å². The highest BCUT2D eigenvalue weighted by atomic mass is 16.6. The molecule has 3 rings (SSSR count). The lowest BCUT2D eigenvalue weighted by Crippen LogP contribution is -2.36. The van der Waals surface area contributed by atoms with E-state index >= 15 is 0 Å². The van der Waals surface area contributed by atoms with E-state index in [4.69, 9.17) is 20.3 Å². The minimum absolute atomic E-state index is 0.397. The molecule has 0 bridgehead atoms. The number of alkyl carbamates (subject to hydrolysis) is 1. The van der Waals surface area contributed by atoms with Gasteiger partial charge in [-0.3, -0.25) is 0 Å². The zero-order valence-electron chi connectivity index (χ0n) is 18.5. The molecule has 0 unspecified atom stereocenters. The summed E-state index contributed by atoms with van der Waals surface area (Å²) in [4.78, 5) is 23.2. The maximum absolute atomic E-state index is 11.7. The fourth-order valence-corrected chi connectivity index (χ4v) is 3.25. The number of anilines is 3. The molecule has 10 nitrogen and oxygen atoms in total. The van der Waals surface area contributed by atoms with Crippen molar-refractivity contribution in [3.05, 3.63) is 18.2 Å². The van der Waals surface area contributed by atoms with E-state index in [0.717, 1.165) is 55.9 Å². The number of hydrogen-bond donors (Lipinski definition) is 4. The number of unbranched alkanes of at least 4 members (excludes halogenated alkanes) is 1. The molecule has 0 saturated carbocycles. The molecule has 1 aliphatic heterocycles. The van der Waals surface area contributed by atoms with E-state index in [2.05, 4.69) is 25.9 Å². The number of nitrogens with two attached hydrogens (primary N) is 1. The minimum Gasteiger partial charge on any atom is -0.444 e. The maximum Gasteiger partial charge on any atom is 0.407 e. The van der Waals surface area contributed by atoms with Crippen LogP contribution in [0.25, 0.3) is 11.0 Å². The number of nitrogens with zero attached hydrogens (tertiary/aromatic N) is 3. The number of fused-ring (bicyclic) bond motifs is 1. The summed E-state index contributed by atoms with van der Waals surface area (Å²) < 4.78 is 10.7. The van der Waals surface area contributed by atoms with Crippen LogP contribution in [0.3, 0.4) is 0 Å². The Labute approximate surface area is 182 Å². The number of nitrogens with one attached hydrogen (secondary N) is 3. The van der Waals surface area contributed by atoms with Crippen molar-refractivity contribution in [2.24, 2.45) is 5.84 Å². The van der Waals surface area contributed by atoms with Crippen molar-refractivity contribution in [1.82, 2.24) is 15.3 Å². The van der Waals surface area contributed by atoms with Crippen LogP contribution < -0.4 is 26.8 Å². The lowest BCUT2D eigenvalue weighted by atomic mass is 10.2. The minimum atomic E-state index is -0.492. The fourth-order valence-electron chi connectivity index (χ4n) is 3.25. The summed E-state index contributed by atoms with van der Waals surface area (Å²) in [5, 5.41) is 6.05. The number of carbonyl (C=O) groups is 1. The standard InChI is InChI=1S/C21H33N7O3/c1-21(2,3)31-20(29)24-9-5-4-8-23-18-19(27-22)25-16-7-6-15(14-17(16)26-18)28-10-12-30-13-11-28/h6-7,14H,4-5,8-13,22H2,1-3H3,(H,23,26)(H,24,29)(H,25,27). The topological polar surface area (TPSA) is 127 Å². The van der Waals surface area contributed by atoms with E-state index in [1.165, 1.54) is 0 Å². The first-order chi connectivity index (χ1) is 14.9. The van der Waals surface area contributed by atoms with Crippen LogP contribution in [0.15, 0.2) is 18.2 Å². The normalized spacial score (nSPS) is 14.4. The Balaban J connectivity index is 1.54. The van der Waals surface area contributed by atoms with Crippen LogP contribution in [0, 0.1) is 0 Å². The number of nitrogen functional groups attached to an aromatic ring is 1. The summed E-state index contributed by atoms with van der Waals surface area (Å²) >= 11 is 0. The number of amides is 1. The number of carbonyl (C=O) groups excluding carboxylic acids is 1. The summed E-state index contributed by atoms with van der Waals surface area (Å²) in [7, 11) is 0. The number of rotatable bonds is 8. The number of hydrazine groups is 1. The first-order valence-corrected chi connectivity index (χ1v) is 10.7. The molecule has 2 aromatic rings. The summed E-state index contributed by atoms with van der Waals surface area (Å²) in [5.41, 5.74) is 4.81. The zero-order chi connectivity index (χ0) is 22.3. The number of benzene rings is 1. The molecule has 1 aromatic carbocycles. The second kappa shape index (κ2) is 10.5. The van der Waals surface area contributed by atoms with Crippen molar-refractivity contribution in [2.75, 3.05) is 55.0 Å². The highest BCUT2D eigenvalue weighted by molar-refractivity contribution is 5.83. The molecular weight excluding hydrogens is 398 g/mol. The van der Waals surface area contributed by atoms with Gasteiger partial charge in [-0.2, -0.15) is 0 Å². The maximum atomic E-state index is 11.7. The Kier molecular flexibility index (Phi) is 7.69. The Morgan fingerprint density at radius 2 is 1.84 bits per heavy atom. The molecule has 1 amide bonds. The number of ether oxygens (including phenoxy) is 2. The third-order valence-electron chi connectivity index (χ3n) is 4.72. The van der Waals surface area contributed by atoms with Crippen molar-refractivity contribution in [3.8, 4) is 0 Å². The van der Waals surface area contributed by atoms with E-state index in [-0.39, 0.29) is 0 Å². The van der Waals surface area contributed by atoms with E-state index in [1.807, 2.05) is 39.0 Å². The third-order valence-corrected chi connectivity index (χ3v) is 4.72. The first kappa shape index (κ1) is 22.8. The molecule has 0 aliphatic carbocycles. The van der Waals surface area contributed by atoms with Gasteiger partial charge in [0.1, 0.15) is 5.60 Å². The molecule has 2 heterocycles. The van der Waals surface area contributed by atoms with Gasteiger partial charge in [0, 0.05) is 31.9 Å². The van der Waals surface area contributed by atoms with Crippen LogP contribution in [0.4, 0.5) is 22.1 Å². The molecule has 1 fully saturated rings. The highest BCUT2D eigenvalue weighted by Gasteiger charge is 2.16.